The van der Waals surface area contributed by atoms with Crippen LogP contribution in [0, 0.1) is 0 Å². The van der Waals surface area contributed by atoms with Crippen molar-refractivity contribution in [3.05, 3.63) is 28.7 Å². The zero-order valence-electron chi connectivity index (χ0n) is 7.62. The van der Waals surface area contributed by atoms with Gasteiger partial charge in [0.15, 0.2) is 0 Å². The van der Waals surface area contributed by atoms with Crippen LogP contribution in [0.1, 0.15) is 6.42 Å². The molecule has 1 N–H and O–H groups in total. The number of carbonyl (C=O) groups is 1. The third-order valence-electron chi connectivity index (χ3n) is 1.73. The molecule has 0 fully saturated rings. The first-order chi connectivity index (χ1) is 6.92. The van der Waals surface area contributed by atoms with Crippen molar-refractivity contribution in [3.8, 4) is 0 Å². The second kappa shape index (κ2) is 6.02. The van der Waals surface area contributed by atoms with Gasteiger partial charge in [-0.1, -0.05) is 0 Å². The Balaban J connectivity index is 2.76. The van der Waals surface area contributed by atoms with Crippen LogP contribution in [-0.2, 0) is 4.79 Å². The molecule has 0 aromatic heterocycles. The van der Waals surface area contributed by atoms with Crippen molar-refractivity contribution in [2.75, 3.05) is 0 Å². The number of rotatable bonds is 4. The van der Waals surface area contributed by atoms with Crippen LogP contribution in [0.15, 0.2) is 28.7 Å². The van der Waals surface area contributed by atoms with Gasteiger partial charge in [0.1, 0.15) is 0 Å². The van der Waals surface area contributed by atoms with E-state index in [1.54, 1.807) is 0 Å². The van der Waals surface area contributed by atoms with Crippen LogP contribution in [-0.4, -0.2) is 24.8 Å². The second-order valence-corrected chi connectivity index (χ2v) is 30.2. The Hall–Kier alpha value is 0.920. The number of halogens is 3. The van der Waals surface area contributed by atoms with Gasteiger partial charge < -0.3 is 0 Å². The Morgan fingerprint density at radius 1 is 1.27 bits per heavy atom. The first-order valence-electron chi connectivity index (χ1n) is 4.09. The van der Waals surface area contributed by atoms with Gasteiger partial charge in [-0.05, 0) is 0 Å². The van der Waals surface area contributed by atoms with Crippen LogP contribution >= 0.6 is 41.4 Å². The topological polar surface area (TPSA) is 37.3 Å². The Morgan fingerprint density at radius 3 is 2.27 bits per heavy atom. The van der Waals surface area contributed by atoms with Crippen molar-refractivity contribution in [2.24, 2.45) is 0 Å². The van der Waals surface area contributed by atoms with E-state index < -0.39 is 19.7 Å². The molecule has 0 spiro atoms. The summed E-state index contributed by atoms with van der Waals surface area (Å²) in [5.74, 6) is -0.748. The van der Waals surface area contributed by atoms with Gasteiger partial charge in [0, 0.05) is 0 Å². The van der Waals surface area contributed by atoms with E-state index >= 15 is 0 Å². The van der Waals surface area contributed by atoms with Crippen molar-refractivity contribution < 1.29 is 9.90 Å². The van der Waals surface area contributed by atoms with Gasteiger partial charge in [-0.2, -0.15) is 0 Å². The summed E-state index contributed by atoms with van der Waals surface area (Å²) in [5, 5.41) is 8.65. The van der Waals surface area contributed by atoms with Crippen molar-refractivity contribution >= 4 is 64.8 Å². The standard InChI is InChI=1S/C9H9Br3O2Te/c10-7-1-3-8(4-2-7)15(11,12)6-5-9(13)14/h1-4H,5-6H2,(H,13,14). The third-order valence-corrected chi connectivity index (χ3v) is 16.4. The van der Waals surface area contributed by atoms with Crippen LogP contribution < -0.4 is 3.61 Å². The fourth-order valence-corrected chi connectivity index (χ4v) is 9.73. The zero-order valence-corrected chi connectivity index (χ0v) is 14.7. The van der Waals surface area contributed by atoms with E-state index in [2.05, 4.69) is 41.4 Å². The van der Waals surface area contributed by atoms with E-state index in [0.29, 0.717) is 4.47 Å². The molecule has 0 amide bonds. The minimum atomic E-state index is -2.49. The molecular weight excluding hydrogens is 507 g/mol. The predicted molar refractivity (Wildman–Crippen MR) is 74.4 cm³/mol. The van der Waals surface area contributed by atoms with E-state index in [4.69, 9.17) is 5.11 Å². The Kier molecular flexibility index (Phi) is 5.61. The number of hydrogen-bond acceptors (Lipinski definition) is 1. The number of benzene rings is 1. The van der Waals surface area contributed by atoms with E-state index in [1.807, 2.05) is 24.3 Å². The summed E-state index contributed by atoms with van der Waals surface area (Å²) in [5.41, 5.74) is 0. The van der Waals surface area contributed by atoms with E-state index in [0.717, 1.165) is 4.47 Å². The summed E-state index contributed by atoms with van der Waals surface area (Å²) in [4.78, 5) is 10.5. The summed E-state index contributed by atoms with van der Waals surface area (Å²) in [7, 11) is 0. The molecule has 0 aliphatic heterocycles. The molecule has 1 aromatic rings. The van der Waals surface area contributed by atoms with Gasteiger partial charge in [0.05, 0.1) is 0 Å². The summed E-state index contributed by atoms with van der Waals surface area (Å²) < 4.78 is 2.91. The fraction of sp³-hybridized carbons (Fsp3) is 0.222. The van der Waals surface area contributed by atoms with Crippen molar-refractivity contribution in [1.29, 1.82) is 0 Å². The Morgan fingerprint density at radius 2 is 1.80 bits per heavy atom. The predicted octanol–water partition coefficient (Wildman–Crippen LogP) is 3.36. The minimum absolute atomic E-state index is 0.202. The molecule has 2 nitrogen and oxygen atoms in total. The summed E-state index contributed by atoms with van der Waals surface area (Å²) in [6, 6.07) is 7.99. The maximum atomic E-state index is 10.5. The van der Waals surface area contributed by atoms with Gasteiger partial charge in [-0.25, -0.2) is 0 Å². The van der Waals surface area contributed by atoms with Crippen LogP contribution in [0.3, 0.4) is 0 Å². The molecule has 84 valence electrons. The summed E-state index contributed by atoms with van der Waals surface area (Å²) in [6.45, 7) is 0. The zero-order chi connectivity index (χ0) is 11.5. The molecule has 15 heavy (non-hydrogen) atoms. The molecule has 1 aromatic carbocycles. The number of carboxylic acid groups (broad SMARTS) is 1. The van der Waals surface area contributed by atoms with Gasteiger partial charge in [0.2, 0.25) is 0 Å². The van der Waals surface area contributed by atoms with Gasteiger partial charge in [0.25, 0.3) is 0 Å². The first-order valence-corrected chi connectivity index (χ1v) is 18.1. The van der Waals surface area contributed by atoms with Crippen LogP contribution in [0.25, 0.3) is 0 Å². The Labute approximate surface area is 113 Å². The monoisotopic (exact) mass is 516 g/mol. The Bertz CT molecular complexity index is 351. The third kappa shape index (κ3) is 4.74. The molecule has 6 heteroatoms. The molecule has 0 saturated heterocycles. The fourth-order valence-electron chi connectivity index (χ4n) is 0.967. The molecular formula is C9H9Br3O2Te. The molecule has 0 aliphatic rings. The van der Waals surface area contributed by atoms with E-state index in [9.17, 15) is 4.79 Å². The quantitative estimate of drug-likeness (QED) is 0.624. The molecule has 0 heterocycles. The van der Waals surface area contributed by atoms with Crippen LogP contribution in [0.5, 0.6) is 0 Å². The van der Waals surface area contributed by atoms with E-state index in [-0.39, 0.29) is 6.42 Å². The molecule has 0 aliphatic carbocycles. The van der Waals surface area contributed by atoms with Crippen LogP contribution in [0.4, 0.5) is 0 Å². The normalized spacial score (nSPS) is 12.5. The van der Waals surface area contributed by atoms with Crippen molar-refractivity contribution in [1.82, 2.24) is 0 Å². The average Bonchev–Trinajstić information content (AvgIpc) is 2.16. The molecule has 0 unspecified atom stereocenters. The van der Waals surface area contributed by atoms with Crippen molar-refractivity contribution in [3.63, 3.8) is 0 Å². The van der Waals surface area contributed by atoms with Crippen LogP contribution in [0.2, 0.25) is 4.47 Å². The van der Waals surface area contributed by atoms with E-state index in [1.165, 1.54) is 3.61 Å². The molecule has 0 bridgehead atoms. The number of aliphatic carboxylic acids is 1. The second-order valence-electron chi connectivity index (χ2n) is 2.88. The molecule has 0 radical (unpaired) electrons. The number of hydrogen-bond donors (Lipinski definition) is 1. The average molecular weight is 516 g/mol. The number of carboxylic acids is 1. The molecule has 0 atom stereocenters. The SMILES string of the molecule is O=C(O)CC[Te](Br)(Br)c1ccc(Br)cc1. The summed E-state index contributed by atoms with van der Waals surface area (Å²) in [6.07, 6.45) is 0.202. The van der Waals surface area contributed by atoms with Gasteiger partial charge in [-0.15, -0.1) is 0 Å². The maximum absolute atomic E-state index is 10.5. The van der Waals surface area contributed by atoms with Crippen molar-refractivity contribution in [2.45, 2.75) is 10.9 Å². The first kappa shape index (κ1) is 14.0. The van der Waals surface area contributed by atoms with Gasteiger partial charge >= 0.3 is 114 Å². The molecule has 0 saturated carbocycles. The van der Waals surface area contributed by atoms with Gasteiger partial charge in [-0.3, -0.25) is 0 Å². The summed E-state index contributed by atoms with van der Waals surface area (Å²) >= 11 is 8.23. The molecule has 1 rings (SSSR count).